The van der Waals surface area contributed by atoms with Gasteiger partial charge in [-0.3, -0.25) is 0 Å². The van der Waals surface area contributed by atoms with Gasteiger partial charge >= 0.3 is 0 Å². The smallest absolute Gasteiger partial charge is 0.0544 e. The van der Waals surface area contributed by atoms with Crippen molar-refractivity contribution in [2.24, 2.45) is 0 Å². The normalized spacial score (nSPS) is 16.4. The number of hydrogen-bond donors (Lipinski definition) is 0. The number of fused-ring (bicyclic) bond motifs is 12. The highest BCUT2D eigenvalue weighted by atomic mass is 15.1. The Bertz CT molecular complexity index is 3460. The molecule has 314 valence electrons. The van der Waals surface area contributed by atoms with Crippen LogP contribution in [0.1, 0.15) is 87.8 Å². The molecule has 13 rings (SSSR count). The Morgan fingerprint density at radius 1 is 0.415 bits per heavy atom. The molecule has 4 aliphatic carbocycles. The summed E-state index contributed by atoms with van der Waals surface area (Å²) in [6.45, 7) is 14.3. The number of rotatable bonds is 5. The molecule has 0 amide bonds. The predicted molar refractivity (Wildman–Crippen MR) is 275 cm³/mol. The summed E-state index contributed by atoms with van der Waals surface area (Å²) in [5, 5.41) is 2.59. The van der Waals surface area contributed by atoms with Crippen LogP contribution in [-0.2, 0) is 16.2 Å². The molecule has 2 heteroatoms. The number of benzene rings is 8. The molecule has 65 heavy (non-hydrogen) atoms. The molecule has 1 heterocycles. The van der Waals surface area contributed by atoms with Gasteiger partial charge in [0.15, 0.2) is 0 Å². The molecule has 8 aromatic carbocycles. The fourth-order valence-corrected chi connectivity index (χ4v) is 12.5. The molecular weight excluding hydrogens is 785 g/mol. The van der Waals surface area contributed by atoms with Gasteiger partial charge in [0, 0.05) is 49.5 Å². The molecule has 0 N–H and O–H groups in total. The van der Waals surface area contributed by atoms with Gasteiger partial charge in [0.05, 0.1) is 22.4 Å². The lowest BCUT2D eigenvalue weighted by atomic mass is 9.82. The van der Waals surface area contributed by atoms with Crippen molar-refractivity contribution in [2.75, 3.05) is 4.90 Å². The van der Waals surface area contributed by atoms with E-state index in [9.17, 15) is 0 Å². The maximum atomic E-state index is 2.56. The maximum absolute atomic E-state index is 2.56. The van der Waals surface area contributed by atoms with E-state index in [-0.39, 0.29) is 16.2 Å². The summed E-state index contributed by atoms with van der Waals surface area (Å²) in [7, 11) is 0. The average Bonchev–Trinajstić information content (AvgIpc) is 3.95. The lowest BCUT2D eigenvalue weighted by molar-refractivity contribution is 0.660. The molecule has 0 saturated carbocycles. The minimum atomic E-state index is -0.115. The van der Waals surface area contributed by atoms with Crippen molar-refractivity contribution in [2.45, 2.75) is 70.6 Å². The first-order valence-electron chi connectivity index (χ1n) is 23.5. The molecule has 0 unspecified atom stereocenters. The van der Waals surface area contributed by atoms with Crippen LogP contribution in [0.3, 0.4) is 0 Å². The molecule has 0 spiro atoms. The zero-order valence-electron chi connectivity index (χ0n) is 38.1. The Labute approximate surface area is 382 Å². The Morgan fingerprint density at radius 3 is 1.54 bits per heavy atom. The van der Waals surface area contributed by atoms with Crippen LogP contribution in [0.4, 0.5) is 17.1 Å². The van der Waals surface area contributed by atoms with Gasteiger partial charge in [0.2, 0.25) is 0 Å². The zero-order chi connectivity index (χ0) is 44.0. The highest BCUT2D eigenvalue weighted by molar-refractivity contribution is 6.14. The number of anilines is 3. The number of allylic oxidation sites excluding steroid dienone is 4. The van der Waals surface area contributed by atoms with Gasteiger partial charge in [0.1, 0.15) is 0 Å². The summed E-state index contributed by atoms with van der Waals surface area (Å²) < 4.78 is 2.51. The van der Waals surface area contributed by atoms with Gasteiger partial charge in [-0.15, -0.1) is 0 Å². The molecule has 0 atom stereocenters. The molecule has 0 radical (unpaired) electrons. The van der Waals surface area contributed by atoms with Crippen LogP contribution in [0.2, 0.25) is 0 Å². The van der Waals surface area contributed by atoms with Gasteiger partial charge in [-0.1, -0.05) is 169 Å². The van der Waals surface area contributed by atoms with Gasteiger partial charge in [-0.2, -0.15) is 0 Å². The SMILES string of the molecule is CC1(C)c2ccccc2-c2cc3c4cc(-c5ccc(N(c6cccc7c6-c6ccccc6C7(C)C)c6cccc7c6-c6ccccc6C7(C)C)cc5)ccc4n(C4=CCCC=C4)c3cc21. The summed E-state index contributed by atoms with van der Waals surface area (Å²) in [5.74, 6) is 0. The van der Waals surface area contributed by atoms with E-state index in [2.05, 4.69) is 233 Å². The second-order valence-electron chi connectivity index (χ2n) is 20.4. The quantitative estimate of drug-likeness (QED) is 0.168. The number of nitrogens with zero attached hydrogens (tertiary/aromatic N) is 2. The zero-order valence-corrected chi connectivity index (χ0v) is 38.1. The monoisotopic (exact) mass is 836 g/mol. The van der Waals surface area contributed by atoms with E-state index >= 15 is 0 Å². The van der Waals surface area contributed by atoms with E-state index < -0.39 is 0 Å². The largest absolute Gasteiger partial charge is 0.310 e. The van der Waals surface area contributed by atoms with Crippen molar-refractivity contribution < 1.29 is 0 Å². The lowest BCUT2D eigenvalue weighted by Gasteiger charge is -2.31. The van der Waals surface area contributed by atoms with Crippen molar-refractivity contribution in [3.8, 4) is 44.5 Å². The van der Waals surface area contributed by atoms with Crippen LogP contribution >= 0.6 is 0 Å². The Kier molecular flexibility index (Phi) is 7.92. The third kappa shape index (κ3) is 5.23. The Morgan fingerprint density at radius 2 is 0.938 bits per heavy atom. The fourth-order valence-electron chi connectivity index (χ4n) is 12.5. The topological polar surface area (TPSA) is 8.17 Å². The van der Waals surface area contributed by atoms with E-state index in [0.717, 1.165) is 18.5 Å². The van der Waals surface area contributed by atoms with E-state index in [1.807, 2.05) is 0 Å². The third-order valence-electron chi connectivity index (χ3n) is 15.8. The van der Waals surface area contributed by atoms with Crippen LogP contribution in [0.5, 0.6) is 0 Å². The number of hydrogen-bond acceptors (Lipinski definition) is 1. The Hall–Kier alpha value is -7.16. The van der Waals surface area contributed by atoms with Crippen LogP contribution in [-0.4, -0.2) is 4.57 Å². The molecular formula is C63H52N2. The summed E-state index contributed by atoms with van der Waals surface area (Å²) >= 11 is 0. The minimum absolute atomic E-state index is 0.0716. The van der Waals surface area contributed by atoms with E-state index in [4.69, 9.17) is 0 Å². The molecule has 0 bridgehead atoms. The maximum Gasteiger partial charge on any atom is 0.0544 e. The van der Waals surface area contributed by atoms with Crippen molar-refractivity contribution >= 4 is 44.6 Å². The van der Waals surface area contributed by atoms with Crippen LogP contribution < -0.4 is 4.90 Å². The van der Waals surface area contributed by atoms with Gasteiger partial charge in [-0.05, 0) is 134 Å². The molecule has 0 fully saturated rings. The van der Waals surface area contributed by atoms with E-state index in [1.54, 1.807) is 0 Å². The Balaban J connectivity index is 1.000. The molecule has 4 aliphatic rings. The van der Waals surface area contributed by atoms with E-state index in [0.29, 0.717) is 0 Å². The molecule has 0 saturated heterocycles. The first kappa shape index (κ1) is 38.3. The standard InChI is InChI=1S/C63H52N2/c1-61(2)50-24-14-11-21-44(50)59-52(61)26-16-28-56(59)65(57-29-17-27-53-60(57)45-22-12-15-25-51(45)62(53,3)4)42-33-30-39(31-34-42)40-32-35-55-47(36-40)48-37-46-43-20-10-13-23-49(43)63(5,6)54(46)38-58(48)64(55)41-18-8-7-9-19-41/h8,10-38H,7,9H2,1-6H3. The predicted octanol–water partition coefficient (Wildman–Crippen LogP) is 17.0. The third-order valence-corrected chi connectivity index (χ3v) is 15.8. The summed E-state index contributed by atoms with van der Waals surface area (Å²) in [4.78, 5) is 2.56. The average molecular weight is 837 g/mol. The van der Waals surface area contributed by atoms with Crippen molar-refractivity contribution in [1.29, 1.82) is 0 Å². The van der Waals surface area contributed by atoms with Crippen LogP contribution in [0.15, 0.2) is 182 Å². The van der Waals surface area contributed by atoms with Crippen LogP contribution in [0.25, 0.3) is 72.0 Å². The van der Waals surface area contributed by atoms with Crippen molar-refractivity contribution in [3.05, 3.63) is 215 Å². The highest BCUT2D eigenvalue weighted by Gasteiger charge is 2.41. The summed E-state index contributed by atoms with van der Waals surface area (Å²) in [5.41, 5.74) is 25.8. The highest BCUT2D eigenvalue weighted by Crippen LogP contribution is 2.58. The van der Waals surface area contributed by atoms with E-state index in [1.165, 1.54) is 117 Å². The van der Waals surface area contributed by atoms with Gasteiger partial charge in [-0.25, -0.2) is 0 Å². The molecule has 2 nitrogen and oxygen atoms in total. The fraction of sp³-hybridized carbons (Fsp3) is 0.175. The second kappa shape index (κ2) is 13.4. The molecule has 1 aromatic heterocycles. The first-order chi connectivity index (χ1) is 31.5. The lowest BCUT2D eigenvalue weighted by Crippen LogP contribution is -2.17. The molecule has 9 aromatic rings. The van der Waals surface area contributed by atoms with Crippen molar-refractivity contribution in [3.63, 3.8) is 0 Å². The van der Waals surface area contributed by atoms with Crippen molar-refractivity contribution in [1.82, 2.24) is 4.57 Å². The summed E-state index contributed by atoms with van der Waals surface area (Å²) in [6.07, 6.45) is 9.20. The summed E-state index contributed by atoms with van der Waals surface area (Å²) in [6, 6.07) is 62.5. The van der Waals surface area contributed by atoms with Gasteiger partial charge in [0.25, 0.3) is 0 Å². The molecule has 0 aliphatic heterocycles. The first-order valence-corrected chi connectivity index (χ1v) is 23.5. The second-order valence-corrected chi connectivity index (χ2v) is 20.4. The number of aromatic nitrogens is 1. The van der Waals surface area contributed by atoms with Gasteiger partial charge < -0.3 is 9.47 Å². The van der Waals surface area contributed by atoms with Crippen LogP contribution in [0, 0.1) is 0 Å². The minimum Gasteiger partial charge on any atom is -0.310 e.